The first-order valence-corrected chi connectivity index (χ1v) is 4.76. The molecule has 0 bridgehead atoms. The Kier molecular flexibility index (Phi) is 4.12. The SMILES string of the molecule is OCCC=Cc1ccc(F)cc1Br. The second kappa shape index (κ2) is 5.14. The minimum Gasteiger partial charge on any atom is -0.396 e. The molecule has 0 aliphatic rings. The molecule has 0 saturated carbocycles. The van der Waals surface area contributed by atoms with Crippen molar-refractivity contribution < 1.29 is 9.50 Å². The molecular formula is C10H10BrFO. The molecule has 1 rings (SSSR count). The zero-order valence-corrected chi connectivity index (χ0v) is 8.59. The van der Waals surface area contributed by atoms with Crippen LogP contribution in [0.2, 0.25) is 0 Å². The second-order valence-electron chi connectivity index (χ2n) is 2.58. The monoisotopic (exact) mass is 244 g/mol. The van der Waals surface area contributed by atoms with Gasteiger partial charge in [-0.1, -0.05) is 34.1 Å². The lowest BCUT2D eigenvalue weighted by Crippen LogP contribution is -1.80. The maximum Gasteiger partial charge on any atom is 0.124 e. The van der Waals surface area contributed by atoms with Crippen LogP contribution in [0.3, 0.4) is 0 Å². The van der Waals surface area contributed by atoms with Crippen LogP contribution in [-0.4, -0.2) is 11.7 Å². The van der Waals surface area contributed by atoms with Crippen LogP contribution in [0.4, 0.5) is 4.39 Å². The predicted molar refractivity (Wildman–Crippen MR) is 54.8 cm³/mol. The van der Waals surface area contributed by atoms with Gasteiger partial charge in [0.1, 0.15) is 5.82 Å². The largest absolute Gasteiger partial charge is 0.396 e. The number of hydrogen-bond donors (Lipinski definition) is 1. The van der Waals surface area contributed by atoms with Crippen LogP contribution in [0.25, 0.3) is 6.08 Å². The number of aliphatic hydroxyl groups excluding tert-OH is 1. The smallest absolute Gasteiger partial charge is 0.124 e. The molecule has 0 aromatic heterocycles. The molecule has 0 radical (unpaired) electrons. The summed E-state index contributed by atoms with van der Waals surface area (Å²) in [5, 5.41) is 8.53. The van der Waals surface area contributed by atoms with Crippen LogP contribution in [-0.2, 0) is 0 Å². The number of benzene rings is 1. The van der Waals surface area contributed by atoms with Gasteiger partial charge in [-0.25, -0.2) is 4.39 Å². The third-order valence-corrected chi connectivity index (χ3v) is 2.24. The molecule has 1 aromatic carbocycles. The summed E-state index contributed by atoms with van der Waals surface area (Å²) in [5.41, 5.74) is 0.912. The van der Waals surface area contributed by atoms with Gasteiger partial charge in [-0.15, -0.1) is 0 Å². The topological polar surface area (TPSA) is 20.2 Å². The van der Waals surface area contributed by atoms with Gasteiger partial charge in [0.05, 0.1) is 0 Å². The van der Waals surface area contributed by atoms with Crippen molar-refractivity contribution in [3.8, 4) is 0 Å². The zero-order valence-electron chi connectivity index (χ0n) is 7.00. The zero-order chi connectivity index (χ0) is 9.68. The van der Waals surface area contributed by atoms with Crippen LogP contribution in [0.1, 0.15) is 12.0 Å². The van der Waals surface area contributed by atoms with E-state index in [1.807, 2.05) is 12.2 Å². The standard InChI is InChI=1S/C10H10BrFO/c11-10-7-9(12)5-4-8(10)3-1-2-6-13/h1,3-5,7,13H,2,6H2. The summed E-state index contributed by atoms with van der Waals surface area (Å²) in [6.07, 6.45) is 4.31. The van der Waals surface area contributed by atoms with Gasteiger partial charge in [-0.05, 0) is 24.1 Å². The van der Waals surface area contributed by atoms with E-state index < -0.39 is 0 Å². The molecule has 0 heterocycles. The predicted octanol–water partition coefficient (Wildman–Crippen LogP) is 2.98. The van der Waals surface area contributed by atoms with E-state index in [-0.39, 0.29) is 12.4 Å². The summed E-state index contributed by atoms with van der Waals surface area (Å²) in [6.45, 7) is 0.134. The lowest BCUT2D eigenvalue weighted by Gasteiger charge is -1.97. The highest BCUT2D eigenvalue weighted by Crippen LogP contribution is 2.19. The van der Waals surface area contributed by atoms with E-state index in [4.69, 9.17) is 5.11 Å². The van der Waals surface area contributed by atoms with Crippen LogP contribution in [0.15, 0.2) is 28.7 Å². The van der Waals surface area contributed by atoms with Crippen LogP contribution >= 0.6 is 15.9 Å². The van der Waals surface area contributed by atoms with E-state index in [1.165, 1.54) is 12.1 Å². The molecule has 1 N–H and O–H groups in total. The van der Waals surface area contributed by atoms with Gasteiger partial charge >= 0.3 is 0 Å². The molecule has 13 heavy (non-hydrogen) atoms. The van der Waals surface area contributed by atoms with Crippen molar-refractivity contribution in [3.05, 3.63) is 40.1 Å². The van der Waals surface area contributed by atoms with E-state index in [0.29, 0.717) is 6.42 Å². The summed E-state index contributed by atoms with van der Waals surface area (Å²) >= 11 is 3.25. The van der Waals surface area contributed by atoms with Gasteiger partial charge in [0.2, 0.25) is 0 Å². The van der Waals surface area contributed by atoms with Crippen molar-refractivity contribution in [1.29, 1.82) is 0 Å². The average Bonchev–Trinajstić information content (AvgIpc) is 2.09. The average molecular weight is 245 g/mol. The Balaban J connectivity index is 2.77. The lowest BCUT2D eigenvalue weighted by atomic mass is 10.2. The van der Waals surface area contributed by atoms with Gasteiger partial charge in [-0.3, -0.25) is 0 Å². The number of rotatable bonds is 3. The molecule has 0 fully saturated rings. The van der Waals surface area contributed by atoms with Crippen LogP contribution in [0.5, 0.6) is 0 Å². The minimum atomic E-state index is -0.258. The molecule has 0 spiro atoms. The normalized spacial score (nSPS) is 11.0. The summed E-state index contributed by atoms with van der Waals surface area (Å²) in [6, 6.07) is 4.51. The third-order valence-electron chi connectivity index (χ3n) is 1.56. The molecule has 1 nitrogen and oxygen atoms in total. The van der Waals surface area contributed by atoms with Gasteiger partial charge in [0, 0.05) is 11.1 Å². The first kappa shape index (κ1) is 10.4. The first-order valence-electron chi connectivity index (χ1n) is 3.96. The molecule has 1 aromatic rings. The number of aliphatic hydroxyl groups is 1. The Morgan fingerprint density at radius 2 is 2.23 bits per heavy atom. The van der Waals surface area contributed by atoms with Crippen molar-refractivity contribution in [2.24, 2.45) is 0 Å². The van der Waals surface area contributed by atoms with E-state index >= 15 is 0 Å². The third kappa shape index (κ3) is 3.28. The van der Waals surface area contributed by atoms with Crippen molar-refractivity contribution in [1.82, 2.24) is 0 Å². The molecule has 0 atom stereocenters. The minimum absolute atomic E-state index is 0.134. The van der Waals surface area contributed by atoms with Gasteiger partial charge in [-0.2, -0.15) is 0 Å². The van der Waals surface area contributed by atoms with E-state index in [9.17, 15) is 4.39 Å². The lowest BCUT2D eigenvalue weighted by molar-refractivity contribution is 0.303. The summed E-state index contributed by atoms with van der Waals surface area (Å²) in [5.74, 6) is -0.258. The summed E-state index contributed by atoms with van der Waals surface area (Å²) in [4.78, 5) is 0. The van der Waals surface area contributed by atoms with E-state index in [0.717, 1.165) is 10.0 Å². The quantitative estimate of drug-likeness (QED) is 0.867. The Morgan fingerprint density at radius 1 is 1.46 bits per heavy atom. The van der Waals surface area contributed by atoms with Gasteiger partial charge < -0.3 is 5.11 Å². The fourth-order valence-electron chi connectivity index (χ4n) is 0.922. The Labute approximate surface area is 85.0 Å². The maximum atomic E-state index is 12.6. The van der Waals surface area contributed by atoms with Crippen LogP contribution < -0.4 is 0 Å². The molecule has 70 valence electrons. The van der Waals surface area contributed by atoms with Crippen molar-refractivity contribution in [3.63, 3.8) is 0 Å². The Morgan fingerprint density at radius 3 is 2.85 bits per heavy atom. The molecule has 3 heteroatoms. The highest BCUT2D eigenvalue weighted by Gasteiger charge is 1.96. The summed E-state index contributed by atoms with van der Waals surface area (Å²) < 4.78 is 13.4. The highest BCUT2D eigenvalue weighted by atomic mass is 79.9. The molecule has 0 unspecified atom stereocenters. The Bertz CT molecular complexity index is 310. The molecule has 0 aliphatic carbocycles. The number of halogens is 2. The fourth-order valence-corrected chi connectivity index (χ4v) is 1.40. The van der Waals surface area contributed by atoms with E-state index in [1.54, 1.807) is 6.07 Å². The molecule has 0 aliphatic heterocycles. The van der Waals surface area contributed by atoms with Crippen molar-refractivity contribution in [2.75, 3.05) is 6.61 Å². The summed E-state index contributed by atoms with van der Waals surface area (Å²) in [7, 11) is 0. The highest BCUT2D eigenvalue weighted by molar-refractivity contribution is 9.10. The van der Waals surface area contributed by atoms with Crippen molar-refractivity contribution in [2.45, 2.75) is 6.42 Å². The van der Waals surface area contributed by atoms with Gasteiger partial charge in [0.15, 0.2) is 0 Å². The molecule has 0 amide bonds. The van der Waals surface area contributed by atoms with Gasteiger partial charge in [0.25, 0.3) is 0 Å². The Hall–Kier alpha value is -0.670. The fraction of sp³-hybridized carbons (Fsp3) is 0.200. The first-order chi connectivity index (χ1) is 6.24. The van der Waals surface area contributed by atoms with Crippen molar-refractivity contribution >= 4 is 22.0 Å². The van der Waals surface area contributed by atoms with E-state index in [2.05, 4.69) is 15.9 Å². The maximum absolute atomic E-state index is 12.6. The second-order valence-corrected chi connectivity index (χ2v) is 3.43. The number of hydrogen-bond acceptors (Lipinski definition) is 1. The van der Waals surface area contributed by atoms with Crippen LogP contribution in [0, 0.1) is 5.82 Å². The molecular weight excluding hydrogens is 235 g/mol. The molecule has 0 saturated heterocycles.